The Hall–Kier alpha value is -0.770. The first-order valence-corrected chi connectivity index (χ1v) is 6.92. The summed E-state index contributed by atoms with van der Waals surface area (Å²) in [6.07, 6.45) is 2.12. The van der Waals surface area contributed by atoms with Crippen molar-refractivity contribution < 1.29 is 4.74 Å². The van der Waals surface area contributed by atoms with Crippen molar-refractivity contribution >= 4 is 11.6 Å². The molecule has 0 heterocycles. The lowest BCUT2D eigenvalue weighted by Crippen LogP contribution is -2.19. The second kappa shape index (κ2) is 9.20. The van der Waals surface area contributed by atoms with E-state index in [0.29, 0.717) is 11.6 Å². The summed E-state index contributed by atoms with van der Waals surface area (Å²) in [6.45, 7) is 5.68. The molecule has 0 spiro atoms. The minimum atomic E-state index is 0.693. The largest absolute Gasteiger partial charge is 0.492 e. The number of hydrogen-bond acceptors (Lipinski definition) is 3. The van der Waals surface area contributed by atoms with Gasteiger partial charge in [0.2, 0.25) is 0 Å². The maximum Gasteiger partial charge on any atom is 0.137 e. The van der Waals surface area contributed by atoms with Crippen LogP contribution in [0.1, 0.15) is 25.3 Å². The molecule has 18 heavy (non-hydrogen) atoms. The fourth-order valence-electron chi connectivity index (χ4n) is 1.61. The molecule has 0 bridgehead atoms. The summed E-state index contributed by atoms with van der Waals surface area (Å²) in [5.41, 5.74) is 1.19. The van der Waals surface area contributed by atoms with E-state index in [-0.39, 0.29) is 0 Å². The molecule has 0 atom stereocenters. The number of nitrogens with one attached hydrogen (secondary N) is 2. The topological polar surface area (TPSA) is 33.3 Å². The highest BCUT2D eigenvalue weighted by Gasteiger charge is 2.02. The van der Waals surface area contributed by atoms with E-state index < -0.39 is 0 Å². The number of rotatable bonds is 9. The van der Waals surface area contributed by atoms with Crippen LogP contribution in [0.3, 0.4) is 0 Å². The van der Waals surface area contributed by atoms with Gasteiger partial charge in [0.05, 0.1) is 11.6 Å². The van der Waals surface area contributed by atoms with Gasteiger partial charge in [-0.05, 0) is 50.7 Å². The van der Waals surface area contributed by atoms with Crippen molar-refractivity contribution in [1.82, 2.24) is 10.6 Å². The minimum Gasteiger partial charge on any atom is -0.492 e. The molecule has 0 radical (unpaired) electrons. The molecule has 0 saturated heterocycles. The van der Waals surface area contributed by atoms with Crippen LogP contribution in [0.5, 0.6) is 5.75 Å². The van der Waals surface area contributed by atoms with Crippen molar-refractivity contribution in [1.29, 1.82) is 0 Å². The lowest BCUT2D eigenvalue weighted by atomic mass is 10.2. The van der Waals surface area contributed by atoms with Crippen molar-refractivity contribution in [3.8, 4) is 5.75 Å². The molecular weight excluding hydrogens is 248 g/mol. The molecule has 1 aromatic rings. The van der Waals surface area contributed by atoms with Crippen LogP contribution in [0.25, 0.3) is 0 Å². The van der Waals surface area contributed by atoms with Crippen molar-refractivity contribution in [2.45, 2.75) is 26.3 Å². The van der Waals surface area contributed by atoms with Crippen molar-refractivity contribution in [3.05, 3.63) is 28.8 Å². The Labute approximate surface area is 115 Å². The number of ether oxygens (including phenoxy) is 1. The zero-order valence-corrected chi connectivity index (χ0v) is 12.0. The number of hydrogen-bond donors (Lipinski definition) is 2. The van der Waals surface area contributed by atoms with Crippen LogP contribution in [-0.2, 0) is 6.54 Å². The molecule has 1 aromatic carbocycles. The van der Waals surface area contributed by atoms with Crippen molar-refractivity contribution in [2.75, 3.05) is 26.7 Å². The molecule has 4 heteroatoms. The monoisotopic (exact) mass is 270 g/mol. The van der Waals surface area contributed by atoms with Gasteiger partial charge in [-0.15, -0.1) is 0 Å². The second-order valence-corrected chi connectivity index (χ2v) is 4.65. The lowest BCUT2D eigenvalue weighted by molar-refractivity contribution is 0.317. The minimum absolute atomic E-state index is 0.693. The zero-order valence-electron chi connectivity index (χ0n) is 11.3. The summed E-state index contributed by atoms with van der Waals surface area (Å²) in [7, 11) is 1.97. The first-order chi connectivity index (χ1) is 8.77. The molecule has 0 aromatic heterocycles. The Morgan fingerprint density at radius 1 is 1.28 bits per heavy atom. The summed E-state index contributed by atoms with van der Waals surface area (Å²) in [5.74, 6) is 0.775. The average Bonchev–Trinajstić information content (AvgIpc) is 2.37. The van der Waals surface area contributed by atoms with Gasteiger partial charge in [0.1, 0.15) is 5.75 Å². The summed E-state index contributed by atoms with van der Waals surface area (Å²) >= 11 is 6.16. The van der Waals surface area contributed by atoms with E-state index in [9.17, 15) is 0 Å². The molecule has 0 aliphatic rings. The predicted octanol–water partition coefficient (Wildman–Crippen LogP) is 2.83. The summed E-state index contributed by atoms with van der Waals surface area (Å²) in [5, 5.41) is 7.20. The Bertz CT molecular complexity index is 345. The van der Waals surface area contributed by atoms with Gasteiger partial charge in [-0.1, -0.05) is 24.6 Å². The average molecular weight is 271 g/mol. The molecule has 0 unspecified atom stereocenters. The normalized spacial score (nSPS) is 10.6. The van der Waals surface area contributed by atoms with Gasteiger partial charge in [-0.25, -0.2) is 0 Å². The van der Waals surface area contributed by atoms with Crippen molar-refractivity contribution in [3.63, 3.8) is 0 Å². The molecule has 0 saturated carbocycles. The quantitative estimate of drug-likeness (QED) is 0.677. The van der Waals surface area contributed by atoms with Crippen LogP contribution < -0.4 is 15.4 Å². The number of benzene rings is 1. The van der Waals surface area contributed by atoms with E-state index in [1.165, 1.54) is 5.56 Å². The fourth-order valence-corrected chi connectivity index (χ4v) is 1.86. The van der Waals surface area contributed by atoms with E-state index in [0.717, 1.165) is 38.2 Å². The Morgan fingerprint density at radius 2 is 2.11 bits per heavy atom. The van der Waals surface area contributed by atoms with Gasteiger partial charge in [0, 0.05) is 6.54 Å². The van der Waals surface area contributed by atoms with Gasteiger partial charge in [-0.2, -0.15) is 0 Å². The first kappa shape index (κ1) is 15.3. The van der Waals surface area contributed by atoms with Gasteiger partial charge in [0.15, 0.2) is 0 Å². The summed E-state index contributed by atoms with van der Waals surface area (Å²) in [4.78, 5) is 0. The van der Waals surface area contributed by atoms with Crippen LogP contribution in [-0.4, -0.2) is 26.7 Å². The van der Waals surface area contributed by atoms with E-state index in [4.69, 9.17) is 16.3 Å². The van der Waals surface area contributed by atoms with Crippen LogP contribution in [0.4, 0.5) is 0 Å². The fraction of sp³-hybridized carbons (Fsp3) is 0.571. The predicted molar refractivity (Wildman–Crippen MR) is 77.5 cm³/mol. The maximum absolute atomic E-state index is 6.16. The van der Waals surface area contributed by atoms with Crippen LogP contribution in [0.2, 0.25) is 5.02 Å². The molecule has 0 aliphatic heterocycles. The van der Waals surface area contributed by atoms with E-state index in [1.807, 2.05) is 19.2 Å². The Morgan fingerprint density at radius 3 is 2.78 bits per heavy atom. The molecular formula is C14H23ClN2O. The maximum atomic E-state index is 6.16. The Kier molecular flexibility index (Phi) is 7.81. The molecule has 0 fully saturated rings. The van der Waals surface area contributed by atoms with Gasteiger partial charge < -0.3 is 15.4 Å². The van der Waals surface area contributed by atoms with Gasteiger partial charge in [-0.3, -0.25) is 0 Å². The highest BCUT2D eigenvalue weighted by Crippen LogP contribution is 2.25. The van der Waals surface area contributed by atoms with E-state index in [2.05, 4.69) is 23.6 Å². The second-order valence-electron chi connectivity index (χ2n) is 4.25. The highest BCUT2D eigenvalue weighted by atomic mass is 35.5. The molecule has 1 rings (SSSR count). The SMILES string of the molecule is CCCOc1ccc(CNCCCNC)cc1Cl. The third-order valence-corrected chi connectivity index (χ3v) is 2.86. The summed E-state index contributed by atoms with van der Waals surface area (Å²) in [6, 6.07) is 5.97. The summed E-state index contributed by atoms with van der Waals surface area (Å²) < 4.78 is 5.54. The third kappa shape index (κ3) is 5.71. The van der Waals surface area contributed by atoms with Crippen LogP contribution in [0, 0.1) is 0 Å². The standard InChI is InChI=1S/C14H23ClN2O/c1-3-9-18-14-6-5-12(10-13(14)15)11-17-8-4-7-16-2/h5-6,10,16-17H,3-4,7-9,11H2,1-2H3. The Balaban J connectivity index is 2.36. The van der Waals surface area contributed by atoms with Crippen molar-refractivity contribution in [2.24, 2.45) is 0 Å². The van der Waals surface area contributed by atoms with Crippen LogP contribution >= 0.6 is 11.6 Å². The molecule has 2 N–H and O–H groups in total. The first-order valence-electron chi connectivity index (χ1n) is 6.54. The smallest absolute Gasteiger partial charge is 0.137 e. The van der Waals surface area contributed by atoms with E-state index in [1.54, 1.807) is 0 Å². The van der Waals surface area contributed by atoms with E-state index >= 15 is 0 Å². The molecule has 102 valence electrons. The van der Waals surface area contributed by atoms with Crippen LogP contribution in [0.15, 0.2) is 18.2 Å². The molecule has 0 amide bonds. The highest BCUT2D eigenvalue weighted by molar-refractivity contribution is 6.32. The molecule has 3 nitrogen and oxygen atoms in total. The third-order valence-electron chi connectivity index (χ3n) is 2.57. The van der Waals surface area contributed by atoms with Gasteiger partial charge in [0.25, 0.3) is 0 Å². The van der Waals surface area contributed by atoms with Gasteiger partial charge >= 0.3 is 0 Å². The lowest BCUT2D eigenvalue weighted by Gasteiger charge is -2.09. The number of halogens is 1. The zero-order chi connectivity index (χ0) is 13.2. The molecule has 0 aliphatic carbocycles.